The Kier molecular flexibility index (Phi) is 9.54. The van der Waals surface area contributed by atoms with Crippen LogP contribution < -0.4 is 6.64 Å². The number of rotatable bonds is 9. The Morgan fingerprint density at radius 3 is 1.51 bits per heavy atom. The van der Waals surface area contributed by atoms with Gasteiger partial charge < -0.3 is 0 Å². The van der Waals surface area contributed by atoms with Gasteiger partial charge in [-0.25, -0.2) is 0 Å². The minimum absolute atomic E-state index is 0. The van der Waals surface area contributed by atoms with Gasteiger partial charge in [0.05, 0.1) is 0 Å². The minimum atomic E-state index is -3.80. The van der Waals surface area contributed by atoms with Gasteiger partial charge in [0.2, 0.25) is 0 Å². The van der Waals surface area contributed by atoms with Crippen LogP contribution in [-0.4, -0.2) is 6.94 Å². The van der Waals surface area contributed by atoms with Crippen molar-refractivity contribution in [3.63, 3.8) is 0 Å². The smallest absolute Gasteiger partial charge is 0.147 e. The maximum Gasteiger partial charge on any atom is -0.147 e. The molecule has 6 rings (SSSR count). The Bertz CT molecular complexity index is 1450. The first-order valence-corrected chi connectivity index (χ1v) is 32.5. The van der Waals surface area contributed by atoms with Crippen molar-refractivity contribution in [2.24, 2.45) is 0 Å². The SMILES string of the molecule is CCCCCCC[CH2][Hf]([CH3])(=[SiH2])([c]1cccc2c1Cc1ccccc1-2)[c]1cccc2c1Cc1ccccc1-2.Cl.Cl. The number of hydrogen-bond acceptors (Lipinski definition) is 0. The van der Waals surface area contributed by atoms with Crippen LogP contribution in [0.1, 0.15) is 67.7 Å². The first-order chi connectivity index (χ1) is 18.0. The Morgan fingerprint density at radius 1 is 0.564 bits per heavy atom. The summed E-state index contributed by atoms with van der Waals surface area (Å²) in [7, 11) is 0. The van der Waals surface area contributed by atoms with E-state index in [9.17, 15) is 0 Å². The molecule has 39 heavy (non-hydrogen) atoms. The van der Waals surface area contributed by atoms with Gasteiger partial charge in [0.25, 0.3) is 0 Å². The molecule has 0 atom stereocenters. The normalized spacial score (nSPS) is 13.0. The molecule has 2 aliphatic rings. The number of benzene rings is 4. The van der Waals surface area contributed by atoms with Crippen molar-refractivity contribution in [2.75, 3.05) is 0 Å². The van der Waals surface area contributed by atoms with E-state index in [-0.39, 0.29) is 24.8 Å². The zero-order valence-electron chi connectivity index (χ0n) is 23.5. The average Bonchev–Trinajstić information content (AvgIpc) is 3.49. The molecule has 0 nitrogen and oxygen atoms in total. The maximum absolute atomic E-state index is 3.80. The van der Waals surface area contributed by atoms with Crippen molar-refractivity contribution in [3.8, 4) is 22.3 Å². The Labute approximate surface area is 250 Å². The summed E-state index contributed by atoms with van der Waals surface area (Å²) in [5.74, 6) is 0. The van der Waals surface area contributed by atoms with Crippen molar-refractivity contribution >= 4 is 38.4 Å². The standard InChI is InChI=1S/2C13H9.C8H17.CH3.2ClH.Hf.H2Si/c2*1-3-7-12-10(5-1)9-11-6-2-4-8-13(11)12;1-3-5-7-8-6-4-2;;;;;/h2*1-5,7-8H,9H2;1,3-8H2,2H3;1H3;2*1H;;1H2. The van der Waals surface area contributed by atoms with Crippen LogP contribution in [0.3, 0.4) is 0 Å². The van der Waals surface area contributed by atoms with E-state index in [4.69, 9.17) is 0 Å². The van der Waals surface area contributed by atoms with Gasteiger partial charge in [-0.2, -0.15) is 0 Å². The predicted octanol–water partition coefficient (Wildman–Crippen LogP) is 8.69. The number of hydrogen-bond donors (Lipinski definition) is 0. The second-order valence-corrected chi connectivity index (χ2v) is 49.9. The molecule has 4 heteroatoms. The molecule has 0 aromatic heterocycles. The molecule has 204 valence electrons. The average molecular weight is 740 g/mol. The second-order valence-electron chi connectivity index (χ2n) is 12.1. The van der Waals surface area contributed by atoms with E-state index >= 15 is 0 Å². The Hall–Kier alpha value is -1.45. The molecule has 4 aromatic carbocycles. The molecular formula is C35H42Cl2HfSi. The monoisotopic (exact) mass is 740 g/mol. The van der Waals surface area contributed by atoms with Gasteiger partial charge in [-0.3, -0.25) is 0 Å². The van der Waals surface area contributed by atoms with E-state index < -0.39 is 17.1 Å². The van der Waals surface area contributed by atoms with E-state index in [1.807, 2.05) is 0 Å². The molecule has 0 unspecified atom stereocenters. The summed E-state index contributed by atoms with van der Waals surface area (Å²) in [4.78, 5) is 0. The fraction of sp³-hybridized carbons (Fsp3) is 0.314. The number of unbranched alkanes of at least 4 members (excludes halogenated alkanes) is 5. The summed E-state index contributed by atoms with van der Waals surface area (Å²) >= 11 is -3.80. The van der Waals surface area contributed by atoms with Crippen LogP contribution in [0.25, 0.3) is 22.3 Å². The van der Waals surface area contributed by atoms with Crippen LogP contribution in [0.2, 0.25) is 8.86 Å². The van der Waals surface area contributed by atoms with Crippen LogP contribution in [0.15, 0.2) is 84.9 Å². The van der Waals surface area contributed by atoms with Crippen molar-refractivity contribution in [1.29, 1.82) is 0 Å². The van der Waals surface area contributed by atoms with Gasteiger partial charge in [0, 0.05) is 0 Å². The van der Waals surface area contributed by atoms with E-state index in [0.717, 1.165) is 12.8 Å². The van der Waals surface area contributed by atoms with Gasteiger partial charge in [-0.15, -0.1) is 24.8 Å². The summed E-state index contributed by atoms with van der Waals surface area (Å²) in [5, 5.41) is 0. The van der Waals surface area contributed by atoms with Crippen LogP contribution >= 0.6 is 24.8 Å². The zero-order chi connectivity index (χ0) is 25.5. The fourth-order valence-corrected chi connectivity index (χ4v) is 34.4. The zero-order valence-corrected chi connectivity index (χ0v) is 30.1. The quantitative estimate of drug-likeness (QED) is 0.103. The van der Waals surface area contributed by atoms with Gasteiger partial charge in [-0.05, 0) is 0 Å². The van der Waals surface area contributed by atoms with E-state index in [0.29, 0.717) is 0 Å². The molecule has 0 aliphatic heterocycles. The Balaban J connectivity index is 0.00000176. The van der Waals surface area contributed by atoms with E-state index in [1.54, 1.807) is 17.8 Å². The summed E-state index contributed by atoms with van der Waals surface area (Å²) < 4.78 is 7.74. The van der Waals surface area contributed by atoms with Crippen LogP contribution in [0, 0.1) is 0 Å². The van der Waals surface area contributed by atoms with E-state index in [2.05, 4.69) is 103 Å². The third kappa shape index (κ3) is 5.32. The molecule has 0 spiro atoms. The summed E-state index contributed by atoms with van der Waals surface area (Å²) in [6, 6.07) is 32.9. The molecule has 0 radical (unpaired) electrons. The van der Waals surface area contributed by atoms with Crippen molar-refractivity contribution in [1.82, 2.24) is 0 Å². The fourth-order valence-electron chi connectivity index (χ4n) is 7.48. The molecule has 0 heterocycles. The topological polar surface area (TPSA) is 0 Å². The summed E-state index contributed by atoms with van der Waals surface area (Å²) in [6.45, 7) is 4.81. The van der Waals surface area contributed by atoms with Gasteiger partial charge in [0.15, 0.2) is 0 Å². The van der Waals surface area contributed by atoms with E-state index in [1.165, 1.54) is 76.1 Å². The van der Waals surface area contributed by atoms with Crippen molar-refractivity contribution in [2.45, 2.75) is 67.1 Å². The molecular weight excluding hydrogens is 698 g/mol. The van der Waals surface area contributed by atoms with Crippen LogP contribution in [-0.2, 0) is 30.0 Å². The van der Waals surface area contributed by atoms with Gasteiger partial charge >= 0.3 is 227 Å². The summed E-state index contributed by atoms with van der Waals surface area (Å²) in [5.41, 5.74) is 12.3. The van der Waals surface area contributed by atoms with Crippen LogP contribution in [0.4, 0.5) is 0 Å². The number of fused-ring (bicyclic) bond motifs is 6. The van der Waals surface area contributed by atoms with Gasteiger partial charge in [-0.1, -0.05) is 0 Å². The molecule has 0 saturated heterocycles. The third-order valence-electron chi connectivity index (χ3n) is 9.48. The molecule has 0 fully saturated rings. The third-order valence-corrected chi connectivity index (χ3v) is 39.4. The molecule has 0 bridgehead atoms. The first-order valence-electron chi connectivity index (χ1n) is 14.5. The molecule has 4 aromatic rings. The molecule has 2 aliphatic carbocycles. The second kappa shape index (κ2) is 12.2. The minimum Gasteiger partial charge on any atom is -0.147 e. The summed E-state index contributed by atoms with van der Waals surface area (Å²) in [6.07, 6.45) is 10.4. The van der Waals surface area contributed by atoms with Gasteiger partial charge in [0.1, 0.15) is 0 Å². The maximum atomic E-state index is 2.80. The Morgan fingerprint density at radius 2 is 1.00 bits per heavy atom. The number of halogens is 2. The van der Waals surface area contributed by atoms with Crippen molar-refractivity contribution < 1.29 is 17.1 Å². The first kappa shape index (κ1) is 30.5. The molecule has 0 amide bonds. The predicted molar refractivity (Wildman–Crippen MR) is 176 cm³/mol. The molecule has 0 N–H and O–H groups in total. The molecule has 0 saturated carbocycles. The largest absolute Gasteiger partial charge is 0.147 e. The van der Waals surface area contributed by atoms with Crippen molar-refractivity contribution in [3.05, 3.63) is 107 Å². The van der Waals surface area contributed by atoms with Crippen LogP contribution in [0.5, 0.6) is 0 Å².